The number of hydrogen-bond acceptors (Lipinski definition) is 6. The Bertz CT molecular complexity index is 697. The largest absolute Gasteiger partial charge is 0.456 e. The molecule has 0 radical (unpaired) electrons. The van der Waals surface area contributed by atoms with Crippen molar-refractivity contribution in [1.29, 1.82) is 0 Å². The maximum Gasteiger partial charge on any atom is 0.307 e. The Morgan fingerprint density at radius 3 is 2.29 bits per heavy atom. The van der Waals surface area contributed by atoms with Crippen molar-refractivity contribution >= 4 is 27.6 Å². The Hall–Kier alpha value is -2.42. The van der Waals surface area contributed by atoms with Gasteiger partial charge in [0, 0.05) is 7.05 Å². The van der Waals surface area contributed by atoms with E-state index in [9.17, 15) is 22.8 Å². The van der Waals surface area contributed by atoms with Gasteiger partial charge in [-0.2, -0.15) is 0 Å². The summed E-state index contributed by atoms with van der Waals surface area (Å²) in [5.74, 6) is -2.25. The molecule has 0 aromatic heterocycles. The fourth-order valence-electron chi connectivity index (χ4n) is 1.62. The first-order chi connectivity index (χ1) is 11.2. The summed E-state index contributed by atoms with van der Waals surface area (Å²) in [5.41, 5.74) is 0.927. The van der Waals surface area contributed by atoms with E-state index in [2.05, 4.69) is 15.4 Å². The summed E-state index contributed by atoms with van der Waals surface area (Å²) in [6.07, 6.45) is -0.362. The molecule has 0 unspecified atom stereocenters. The third-order valence-electron chi connectivity index (χ3n) is 3.04. The molecule has 0 aliphatic carbocycles. The molecule has 1 rings (SSSR count). The lowest BCUT2D eigenvalue weighted by atomic mass is 10.2. The summed E-state index contributed by atoms with van der Waals surface area (Å²) in [7, 11) is -2.17. The molecule has 0 saturated carbocycles. The second kappa shape index (κ2) is 9.02. The minimum absolute atomic E-state index is 0.129. The molecule has 2 N–H and O–H groups in total. The van der Waals surface area contributed by atoms with Gasteiger partial charge in [0.2, 0.25) is 5.91 Å². The van der Waals surface area contributed by atoms with E-state index in [0.717, 1.165) is 5.56 Å². The van der Waals surface area contributed by atoms with Crippen molar-refractivity contribution in [2.75, 3.05) is 26.0 Å². The molecule has 0 aliphatic rings. The number of aryl methyl sites for hydroxylation is 1. The van der Waals surface area contributed by atoms with Crippen LogP contribution in [-0.2, 0) is 29.0 Å². The van der Waals surface area contributed by atoms with Crippen molar-refractivity contribution in [2.45, 2.75) is 18.2 Å². The number of carbonyl (C=O) groups excluding carboxylic acids is 3. The van der Waals surface area contributed by atoms with Gasteiger partial charge in [-0.05, 0) is 19.1 Å². The van der Waals surface area contributed by atoms with Gasteiger partial charge in [-0.15, -0.1) is 0 Å². The summed E-state index contributed by atoms with van der Waals surface area (Å²) in [5, 5.41) is 4.56. The van der Waals surface area contributed by atoms with Crippen LogP contribution in [0.25, 0.3) is 0 Å². The first-order valence-electron chi connectivity index (χ1n) is 7.17. The molecule has 0 heterocycles. The van der Waals surface area contributed by atoms with E-state index in [-0.39, 0.29) is 23.8 Å². The molecule has 132 valence electrons. The van der Waals surface area contributed by atoms with Crippen molar-refractivity contribution in [3.63, 3.8) is 0 Å². The molecule has 8 nitrogen and oxygen atoms in total. The molecule has 0 spiro atoms. The van der Waals surface area contributed by atoms with Gasteiger partial charge in [-0.1, -0.05) is 17.7 Å². The monoisotopic (exact) mass is 356 g/mol. The molecule has 1 aromatic carbocycles. The highest BCUT2D eigenvalue weighted by Crippen LogP contribution is 2.13. The van der Waals surface area contributed by atoms with Gasteiger partial charge in [0.05, 0.1) is 23.6 Å². The predicted molar refractivity (Wildman–Crippen MR) is 85.9 cm³/mol. The average Bonchev–Trinajstić information content (AvgIpc) is 2.56. The van der Waals surface area contributed by atoms with Gasteiger partial charge in [-0.3, -0.25) is 14.4 Å². The molecule has 24 heavy (non-hydrogen) atoms. The fraction of sp³-hybridized carbons (Fsp3) is 0.400. The van der Waals surface area contributed by atoms with E-state index in [1.807, 2.05) is 6.92 Å². The first-order valence-corrected chi connectivity index (χ1v) is 8.82. The van der Waals surface area contributed by atoms with Gasteiger partial charge in [-0.25, -0.2) is 8.42 Å². The van der Waals surface area contributed by atoms with Crippen LogP contribution in [0.15, 0.2) is 29.2 Å². The molecule has 0 aliphatic heterocycles. The average molecular weight is 356 g/mol. The highest BCUT2D eigenvalue weighted by molar-refractivity contribution is 7.91. The molecule has 0 atom stereocenters. The third kappa shape index (κ3) is 6.78. The van der Waals surface area contributed by atoms with Crippen LogP contribution >= 0.6 is 0 Å². The van der Waals surface area contributed by atoms with E-state index < -0.39 is 34.1 Å². The minimum Gasteiger partial charge on any atom is -0.456 e. The number of likely N-dealkylation sites (N-methyl/N-ethyl adjacent to an activating group) is 1. The van der Waals surface area contributed by atoms with Crippen LogP contribution in [0.4, 0.5) is 0 Å². The molecule has 0 saturated heterocycles. The van der Waals surface area contributed by atoms with Crippen LogP contribution in [0.5, 0.6) is 0 Å². The zero-order chi connectivity index (χ0) is 18.2. The van der Waals surface area contributed by atoms with Gasteiger partial charge in [0.25, 0.3) is 5.91 Å². The van der Waals surface area contributed by atoms with Crippen molar-refractivity contribution in [1.82, 2.24) is 10.6 Å². The smallest absolute Gasteiger partial charge is 0.307 e. The lowest BCUT2D eigenvalue weighted by Gasteiger charge is -2.07. The Kier molecular flexibility index (Phi) is 7.37. The Balaban J connectivity index is 2.39. The van der Waals surface area contributed by atoms with Crippen molar-refractivity contribution in [3.8, 4) is 0 Å². The second-order valence-electron chi connectivity index (χ2n) is 4.99. The zero-order valence-corrected chi connectivity index (χ0v) is 14.3. The number of hydrogen-bond donors (Lipinski definition) is 2. The van der Waals surface area contributed by atoms with E-state index in [4.69, 9.17) is 0 Å². The van der Waals surface area contributed by atoms with Crippen LogP contribution in [0.2, 0.25) is 0 Å². The molecule has 1 aromatic rings. The molecule has 2 amide bonds. The van der Waals surface area contributed by atoms with E-state index in [1.54, 1.807) is 12.1 Å². The predicted octanol–water partition coefficient (Wildman–Crippen LogP) is -0.436. The highest BCUT2D eigenvalue weighted by atomic mass is 32.2. The number of rotatable bonds is 8. The van der Waals surface area contributed by atoms with Gasteiger partial charge in [0.15, 0.2) is 16.4 Å². The summed E-state index contributed by atoms with van der Waals surface area (Å²) >= 11 is 0. The standard InChI is InChI=1S/C15H20N2O6S/c1-11-3-5-12(6-4-11)24(21,22)8-7-15(20)23-10-14(19)17-9-13(18)16-2/h3-6H,7-10H2,1-2H3,(H,16,18)(H,17,19). The minimum atomic E-state index is -3.59. The number of esters is 1. The van der Waals surface area contributed by atoms with Crippen molar-refractivity contribution in [2.24, 2.45) is 0 Å². The zero-order valence-electron chi connectivity index (χ0n) is 13.5. The first kappa shape index (κ1) is 19.6. The van der Waals surface area contributed by atoms with Crippen LogP contribution in [0, 0.1) is 6.92 Å². The molecular formula is C15H20N2O6S. The van der Waals surface area contributed by atoms with E-state index in [0.29, 0.717) is 0 Å². The van der Waals surface area contributed by atoms with Crippen LogP contribution in [-0.4, -0.2) is 52.2 Å². The number of ether oxygens (including phenoxy) is 1. The Morgan fingerprint density at radius 2 is 1.71 bits per heavy atom. The maximum absolute atomic E-state index is 12.1. The van der Waals surface area contributed by atoms with E-state index in [1.165, 1.54) is 19.2 Å². The second-order valence-corrected chi connectivity index (χ2v) is 7.10. The van der Waals surface area contributed by atoms with Crippen LogP contribution < -0.4 is 10.6 Å². The number of amides is 2. The fourth-order valence-corrected chi connectivity index (χ4v) is 2.84. The summed E-state index contributed by atoms with van der Waals surface area (Å²) in [4.78, 5) is 33.9. The van der Waals surface area contributed by atoms with Crippen LogP contribution in [0.1, 0.15) is 12.0 Å². The molecular weight excluding hydrogens is 336 g/mol. The van der Waals surface area contributed by atoms with Crippen molar-refractivity contribution in [3.05, 3.63) is 29.8 Å². The number of benzene rings is 1. The molecule has 9 heteroatoms. The third-order valence-corrected chi connectivity index (χ3v) is 4.78. The normalized spacial score (nSPS) is 10.8. The van der Waals surface area contributed by atoms with Gasteiger partial charge >= 0.3 is 5.97 Å². The Labute approximate surface area is 140 Å². The topological polar surface area (TPSA) is 119 Å². The lowest BCUT2D eigenvalue weighted by molar-refractivity contribution is -0.148. The number of sulfone groups is 1. The number of nitrogens with one attached hydrogen (secondary N) is 2. The van der Waals surface area contributed by atoms with Gasteiger partial charge < -0.3 is 15.4 Å². The maximum atomic E-state index is 12.1. The van der Waals surface area contributed by atoms with E-state index >= 15 is 0 Å². The SMILES string of the molecule is CNC(=O)CNC(=O)COC(=O)CCS(=O)(=O)c1ccc(C)cc1. The summed E-state index contributed by atoms with van der Waals surface area (Å²) in [6, 6.07) is 6.29. The lowest BCUT2D eigenvalue weighted by Crippen LogP contribution is -2.37. The summed E-state index contributed by atoms with van der Waals surface area (Å²) < 4.78 is 28.8. The van der Waals surface area contributed by atoms with Crippen molar-refractivity contribution < 1.29 is 27.5 Å². The van der Waals surface area contributed by atoms with Crippen LogP contribution in [0.3, 0.4) is 0 Å². The number of carbonyl (C=O) groups is 3. The van der Waals surface area contributed by atoms with Gasteiger partial charge in [0.1, 0.15) is 0 Å². The Morgan fingerprint density at radius 1 is 1.08 bits per heavy atom. The highest BCUT2D eigenvalue weighted by Gasteiger charge is 2.17. The summed E-state index contributed by atoms with van der Waals surface area (Å²) in [6.45, 7) is 1.04. The quantitative estimate of drug-likeness (QED) is 0.610. The molecule has 0 bridgehead atoms. The molecule has 0 fully saturated rings.